The average Bonchev–Trinajstić information content (AvgIpc) is 2.81. The van der Waals surface area contributed by atoms with Crippen molar-refractivity contribution in [1.29, 1.82) is 0 Å². The Hall–Kier alpha value is -1.13. The fourth-order valence-electron chi connectivity index (χ4n) is 1.74. The lowest BCUT2D eigenvalue weighted by Gasteiger charge is -2.06. The monoisotopic (exact) mass is 251 g/mol. The number of methoxy groups -OCH3 is 1. The Morgan fingerprint density at radius 3 is 3.00 bits per heavy atom. The highest BCUT2D eigenvalue weighted by Gasteiger charge is 1.98. The molecular formula is C14H25N3O. The Morgan fingerprint density at radius 1 is 1.50 bits per heavy atom. The predicted octanol–water partition coefficient (Wildman–Crippen LogP) is 2.32. The topological polar surface area (TPSA) is 39.1 Å². The summed E-state index contributed by atoms with van der Waals surface area (Å²) in [5.74, 6) is 0. The molecule has 0 amide bonds. The van der Waals surface area contributed by atoms with E-state index < -0.39 is 0 Å². The van der Waals surface area contributed by atoms with E-state index in [4.69, 9.17) is 4.74 Å². The fraction of sp³-hybridized carbons (Fsp3) is 0.643. The van der Waals surface area contributed by atoms with Crippen molar-refractivity contribution in [3.05, 3.63) is 23.5 Å². The Bertz CT molecular complexity index is 358. The molecule has 1 heterocycles. The van der Waals surface area contributed by atoms with Crippen LogP contribution in [0, 0.1) is 0 Å². The van der Waals surface area contributed by atoms with Gasteiger partial charge >= 0.3 is 0 Å². The molecule has 0 fully saturated rings. The van der Waals surface area contributed by atoms with Crippen LogP contribution in [0.15, 0.2) is 18.0 Å². The minimum atomic E-state index is 0.755. The molecule has 0 bridgehead atoms. The Balaban J connectivity index is 2.48. The molecule has 1 N–H and O–H groups in total. The number of aromatic nitrogens is 2. The summed E-state index contributed by atoms with van der Waals surface area (Å²) in [4.78, 5) is 0. The van der Waals surface area contributed by atoms with Crippen LogP contribution in [-0.4, -0.2) is 36.6 Å². The summed E-state index contributed by atoms with van der Waals surface area (Å²) >= 11 is 0. The van der Waals surface area contributed by atoms with Gasteiger partial charge in [0.25, 0.3) is 0 Å². The van der Waals surface area contributed by atoms with E-state index in [0.29, 0.717) is 0 Å². The molecule has 0 aliphatic carbocycles. The SMILES string of the molecule is CCCn1cc(/C=C(/CC)CNCCOC)cn1. The largest absolute Gasteiger partial charge is 0.383 e. The zero-order chi connectivity index (χ0) is 13.2. The first-order valence-electron chi connectivity index (χ1n) is 6.71. The van der Waals surface area contributed by atoms with Crippen LogP contribution >= 0.6 is 0 Å². The molecule has 4 nitrogen and oxygen atoms in total. The van der Waals surface area contributed by atoms with Crippen molar-refractivity contribution < 1.29 is 4.74 Å². The molecular weight excluding hydrogens is 226 g/mol. The van der Waals surface area contributed by atoms with E-state index in [-0.39, 0.29) is 0 Å². The van der Waals surface area contributed by atoms with Crippen molar-refractivity contribution in [2.45, 2.75) is 33.2 Å². The second kappa shape index (κ2) is 8.89. The van der Waals surface area contributed by atoms with Crippen molar-refractivity contribution in [3.8, 4) is 0 Å². The summed E-state index contributed by atoms with van der Waals surface area (Å²) < 4.78 is 7.01. The van der Waals surface area contributed by atoms with Crippen LogP contribution in [0.4, 0.5) is 0 Å². The summed E-state index contributed by atoms with van der Waals surface area (Å²) in [5.41, 5.74) is 2.58. The molecule has 1 aromatic rings. The van der Waals surface area contributed by atoms with Crippen molar-refractivity contribution >= 4 is 6.08 Å². The minimum absolute atomic E-state index is 0.755. The highest BCUT2D eigenvalue weighted by atomic mass is 16.5. The highest BCUT2D eigenvalue weighted by Crippen LogP contribution is 2.08. The first-order valence-corrected chi connectivity index (χ1v) is 6.71. The molecule has 0 aliphatic rings. The molecule has 18 heavy (non-hydrogen) atoms. The van der Waals surface area contributed by atoms with Gasteiger partial charge in [-0.2, -0.15) is 5.10 Å². The van der Waals surface area contributed by atoms with Crippen LogP contribution in [-0.2, 0) is 11.3 Å². The molecule has 0 saturated carbocycles. The smallest absolute Gasteiger partial charge is 0.0587 e. The average molecular weight is 251 g/mol. The molecule has 0 saturated heterocycles. The highest BCUT2D eigenvalue weighted by molar-refractivity contribution is 5.51. The van der Waals surface area contributed by atoms with Gasteiger partial charge in [-0.25, -0.2) is 0 Å². The third kappa shape index (κ3) is 5.47. The number of nitrogens with zero attached hydrogens (tertiary/aromatic N) is 2. The Labute approximate surface area is 110 Å². The third-order valence-corrected chi connectivity index (χ3v) is 2.77. The number of rotatable bonds is 9. The van der Waals surface area contributed by atoms with Crippen molar-refractivity contribution in [2.75, 3.05) is 26.8 Å². The van der Waals surface area contributed by atoms with Crippen LogP contribution in [0.25, 0.3) is 6.08 Å². The number of hydrogen-bond donors (Lipinski definition) is 1. The summed E-state index contributed by atoms with van der Waals surface area (Å²) in [5, 5.41) is 7.70. The normalized spacial score (nSPS) is 12.1. The van der Waals surface area contributed by atoms with E-state index in [1.165, 1.54) is 11.1 Å². The van der Waals surface area contributed by atoms with Gasteiger partial charge in [-0.15, -0.1) is 0 Å². The summed E-state index contributed by atoms with van der Waals surface area (Å²) in [6, 6.07) is 0. The summed E-state index contributed by atoms with van der Waals surface area (Å²) in [6.45, 7) is 7.89. The molecule has 0 radical (unpaired) electrons. The lowest BCUT2D eigenvalue weighted by atomic mass is 10.1. The van der Waals surface area contributed by atoms with Gasteiger partial charge in [-0.1, -0.05) is 25.5 Å². The molecule has 102 valence electrons. The van der Waals surface area contributed by atoms with E-state index >= 15 is 0 Å². The second-order valence-electron chi connectivity index (χ2n) is 4.36. The van der Waals surface area contributed by atoms with Crippen molar-refractivity contribution in [3.63, 3.8) is 0 Å². The van der Waals surface area contributed by atoms with Crippen molar-refractivity contribution in [2.24, 2.45) is 0 Å². The summed E-state index contributed by atoms with van der Waals surface area (Å²) in [6.07, 6.45) is 8.43. The molecule has 0 aromatic carbocycles. The van der Waals surface area contributed by atoms with Crippen LogP contribution in [0.5, 0.6) is 0 Å². The minimum Gasteiger partial charge on any atom is -0.383 e. The molecule has 0 spiro atoms. The van der Waals surface area contributed by atoms with E-state index in [1.807, 2.05) is 10.9 Å². The van der Waals surface area contributed by atoms with E-state index in [1.54, 1.807) is 7.11 Å². The van der Waals surface area contributed by atoms with Gasteiger partial charge < -0.3 is 10.1 Å². The molecule has 1 rings (SSSR count). The van der Waals surface area contributed by atoms with Gasteiger partial charge in [-0.3, -0.25) is 4.68 Å². The first-order chi connectivity index (χ1) is 8.80. The van der Waals surface area contributed by atoms with Gasteiger partial charge in [0, 0.05) is 38.5 Å². The van der Waals surface area contributed by atoms with Gasteiger partial charge in [0.05, 0.1) is 12.8 Å². The zero-order valence-corrected chi connectivity index (χ0v) is 11.8. The zero-order valence-electron chi connectivity index (χ0n) is 11.8. The Morgan fingerprint density at radius 2 is 2.33 bits per heavy atom. The number of ether oxygens (including phenoxy) is 1. The number of aryl methyl sites for hydroxylation is 1. The standard InChI is InChI=1S/C14H25N3O/c1-4-7-17-12-14(11-16-17)9-13(5-2)10-15-6-8-18-3/h9,11-12,15H,4-8,10H2,1-3H3/b13-9-. The number of hydrogen-bond acceptors (Lipinski definition) is 3. The fourth-order valence-corrected chi connectivity index (χ4v) is 1.74. The van der Waals surface area contributed by atoms with Gasteiger partial charge in [0.15, 0.2) is 0 Å². The number of nitrogens with one attached hydrogen (secondary N) is 1. The van der Waals surface area contributed by atoms with Gasteiger partial charge in [-0.05, 0) is 12.8 Å². The van der Waals surface area contributed by atoms with E-state index in [9.17, 15) is 0 Å². The molecule has 1 aromatic heterocycles. The maximum absolute atomic E-state index is 5.01. The third-order valence-electron chi connectivity index (χ3n) is 2.77. The molecule has 0 aliphatic heterocycles. The van der Waals surface area contributed by atoms with Gasteiger partial charge in [0.1, 0.15) is 0 Å². The predicted molar refractivity (Wildman–Crippen MR) is 75.5 cm³/mol. The molecule has 0 atom stereocenters. The maximum Gasteiger partial charge on any atom is 0.0587 e. The lowest BCUT2D eigenvalue weighted by molar-refractivity contribution is 0.200. The van der Waals surface area contributed by atoms with Crippen LogP contribution in [0.3, 0.4) is 0 Å². The molecule has 0 unspecified atom stereocenters. The van der Waals surface area contributed by atoms with Gasteiger partial charge in [0.2, 0.25) is 0 Å². The summed E-state index contributed by atoms with van der Waals surface area (Å²) in [7, 11) is 1.72. The van der Waals surface area contributed by atoms with Crippen LogP contribution in [0.1, 0.15) is 32.3 Å². The maximum atomic E-state index is 5.01. The van der Waals surface area contributed by atoms with E-state index in [2.05, 4.69) is 36.5 Å². The van der Waals surface area contributed by atoms with Crippen LogP contribution in [0.2, 0.25) is 0 Å². The lowest BCUT2D eigenvalue weighted by Crippen LogP contribution is -2.21. The quantitative estimate of drug-likeness (QED) is 0.685. The Kier molecular flexibility index (Phi) is 7.37. The second-order valence-corrected chi connectivity index (χ2v) is 4.36. The van der Waals surface area contributed by atoms with Crippen LogP contribution < -0.4 is 5.32 Å². The van der Waals surface area contributed by atoms with E-state index in [0.717, 1.165) is 39.1 Å². The first kappa shape index (κ1) is 14.9. The molecule has 4 heteroatoms. The van der Waals surface area contributed by atoms with Crippen molar-refractivity contribution in [1.82, 2.24) is 15.1 Å².